The van der Waals surface area contributed by atoms with Gasteiger partial charge in [0.25, 0.3) is 0 Å². The summed E-state index contributed by atoms with van der Waals surface area (Å²) in [7, 11) is 0. The number of nitrogens with zero attached hydrogens (tertiary/aromatic N) is 2. The van der Waals surface area contributed by atoms with Crippen LogP contribution >= 0.6 is 11.3 Å². The van der Waals surface area contributed by atoms with Gasteiger partial charge in [0, 0.05) is 5.69 Å². The lowest BCUT2D eigenvalue weighted by molar-refractivity contribution is 0.267. The second kappa shape index (κ2) is 4.68. The number of thiophene rings is 1. The van der Waals surface area contributed by atoms with Crippen molar-refractivity contribution in [2.75, 3.05) is 5.73 Å². The van der Waals surface area contributed by atoms with Crippen molar-refractivity contribution in [3.63, 3.8) is 0 Å². The van der Waals surface area contributed by atoms with Gasteiger partial charge in [0.2, 0.25) is 0 Å². The van der Waals surface area contributed by atoms with Crippen molar-refractivity contribution < 1.29 is 5.11 Å². The highest BCUT2D eigenvalue weighted by atomic mass is 32.1. The predicted octanol–water partition coefficient (Wildman–Crippen LogP) is 2.53. The zero-order valence-electron chi connectivity index (χ0n) is 10.6. The van der Waals surface area contributed by atoms with Crippen LogP contribution in [0.15, 0.2) is 29.0 Å². The molecule has 0 aliphatic rings. The molecule has 4 nitrogen and oxygen atoms in total. The standard InChI is InChI=1S/C14H15N3OS/c1-9-7-19-8-10(9)5-17-13-3-2-11(15)4-12(13)16-14(17)6-18/h2-4,7-8,18H,5-6,15H2,1H3. The molecule has 1 aromatic carbocycles. The van der Waals surface area contributed by atoms with Crippen molar-refractivity contribution in [2.24, 2.45) is 0 Å². The number of aryl methyl sites for hydroxylation is 1. The number of aliphatic hydroxyl groups excluding tert-OH is 1. The SMILES string of the molecule is Cc1cscc1Cn1c(CO)nc2cc(N)ccc21. The van der Waals surface area contributed by atoms with Crippen molar-refractivity contribution in [3.05, 3.63) is 45.9 Å². The van der Waals surface area contributed by atoms with Crippen LogP contribution in [-0.4, -0.2) is 14.7 Å². The Labute approximate surface area is 115 Å². The van der Waals surface area contributed by atoms with Gasteiger partial charge < -0.3 is 15.4 Å². The van der Waals surface area contributed by atoms with E-state index >= 15 is 0 Å². The molecule has 3 aromatic rings. The van der Waals surface area contributed by atoms with Crippen LogP contribution in [0.2, 0.25) is 0 Å². The molecule has 0 saturated heterocycles. The average molecular weight is 273 g/mol. The lowest BCUT2D eigenvalue weighted by Gasteiger charge is -2.07. The molecule has 0 unspecified atom stereocenters. The van der Waals surface area contributed by atoms with Gasteiger partial charge in [-0.05, 0) is 47.0 Å². The van der Waals surface area contributed by atoms with Crippen LogP contribution < -0.4 is 5.73 Å². The Kier molecular flexibility index (Phi) is 3.00. The molecule has 0 fully saturated rings. The van der Waals surface area contributed by atoms with Crippen LogP contribution in [0.5, 0.6) is 0 Å². The number of hydrogen-bond acceptors (Lipinski definition) is 4. The Morgan fingerprint density at radius 2 is 2.21 bits per heavy atom. The van der Waals surface area contributed by atoms with Gasteiger partial charge in [-0.1, -0.05) is 0 Å². The smallest absolute Gasteiger partial charge is 0.136 e. The van der Waals surface area contributed by atoms with Crippen molar-refractivity contribution >= 4 is 28.1 Å². The first-order chi connectivity index (χ1) is 9.19. The molecule has 5 heteroatoms. The highest BCUT2D eigenvalue weighted by molar-refractivity contribution is 7.08. The third-order valence-electron chi connectivity index (χ3n) is 3.28. The van der Waals surface area contributed by atoms with Crippen LogP contribution in [0, 0.1) is 6.92 Å². The first-order valence-electron chi connectivity index (χ1n) is 6.06. The quantitative estimate of drug-likeness (QED) is 0.721. The molecule has 98 valence electrons. The predicted molar refractivity (Wildman–Crippen MR) is 78.2 cm³/mol. The van der Waals surface area contributed by atoms with Crippen molar-refractivity contribution in [2.45, 2.75) is 20.1 Å². The summed E-state index contributed by atoms with van der Waals surface area (Å²) in [4.78, 5) is 4.44. The maximum absolute atomic E-state index is 9.47. The third kappa shape index (κ3) is 2.11. The molecule has 0 aliphatic carbocycles. The minimum absolute atomic E-state index is 0.0717. The zero-order valence-corrected chi connectivity index (χ0v) is 11.4. The minimum Gasteiger partial charge on any atom is -0.399 e. The molecule has 19 heavy (non-hydrogen) atoms. The first-order valence-corrected chi connectivity index (χ1v) is 7.00. The van der Waals surface area contributed by atoms with E-state index < -0.39 is 0 Å². The molecular formula is C14H15N3OS. The van der Waals surface area contributed by atoms with E-state index in [0.29, 0.717) is 11.5 Å². The number of anilines is 1. The molecule has 0 spiro atoms. The van der Waals surface area contributed by atoms with Crippen LogP contribution in [0.25, 0.3) is 11.0 Å². The number of aromatic nitrogens is 2. The molecule has 2 aromatic heterocycles. The molecule has 0 amide bonds. The Morgan fingerprint density at radius 1 is 1.37 bits per heavy atom. The van der Waals surface area contributed by atoms with Crippen molar-refractivity contribution in [3.8, 4) is 0 Å². The summed E-state index contributed by atoms with van der Waals surface area (Å²) >= 11 is 1.69. The number of nitrogens with two attached hydrogens (primary N) is 1. The summed E-state index contributed by atoms with van der Waals surface area (Å²) in [5.74, 6) is 0.672. The second-order valence-corrected chi connectivity index (χ2v) is 5.34. The van der Waals surface area contributed by atoms with Gasteiger partial charge in [-0.3, -0.25) is 0 Å². The molecule has 0 atom stereocenters. The number of aliphatic hydroxyl groups is 1. The van der Waals surface area contributed by atoms with Crippen LogP contribution in [0.1, 0.15) is 17.0 Å². The maximum Gasteiger partial charge on any atom is 0.136 e. The van der Waals surface area contributed by atoms with E-state index in [-0.39, 0.29) is 6.61 Å². The Balaban J connectivity index is 2.13. The Morgan fingerprint density at radius 3 is 2.89 bits per heavy atom. The fourth-order valence-electron chi connectivity index (χ4n) is 2.21. The van der Waals surface area contributed by atoms with E-state index in [9.17, 15) is 5.11 Å². The molecule has 3 N–H and O–H groups in total. The fraction of sp³-hybridized carbons (Fsp3) is 0.214. The van der Waals surface area contributed by atoms with E-state index in [1.807, 2.05) is 22.8 Å². The molecule has 2 heterocycles. The molecule has 0 saturated carbocycles. The molecule has 0 bridgehead atoms. The van der Waals surface area contributed by atoms with E-state index in [0.717, 1.165) is 17.6 Å². The summed E-state index contributed by atoms with van der Waals surface area (Å²) in [5.41, 5.74) is 10.8. The highest BCUT2D eigenvalue weighted by Crippen LogP contribution is 2.22. The Hall–Kier alpha value is -1.85. The number of nitrogen functional groups attached to an aromatic ring is 1. The van der Waals surface area contributed by atoms with Crippen LogP contribution in [-0.2, 0) is 13.2 Å². The van der Waals surface area contributed by atoms with Crippen LogP contribution in [0.3, 0.4) is 0 Å². The summed E-state index contributed by atoms with van der Waals surface area (Å²) < 4.78 is 2.05. The maximum atomic E-state index is 9.47. The minimum atomic E-state index is -0.0717. The molecule has 0 radical (unpaired) electrons. The van der Waals surface area contributed by atoms with Crippen LogP contribution in [0.4, 0.5) is 5.69 Å². The molecule has 3 rings (SSSR count). The number of fused-ring (bicyclic) bond motifs is 1. The normalized spacial score (nSPS) is 11.3. The number of benzene rings is 1. The van der Waals surface area contributed by atoms with Gasteiger partial charge in [0.1, 0.15) is 12.4 Å². The lowest BCUT2D eigenvalue weighted by atomic mass is 10.2. The number of rotatable bonds is 3. The van der Waals surface area contributed by atoms with Gasteiger partial charge in [0.05, 0.1) is 17.6 Å². The van der Waals surface area contributed by atoms with Gasteiger partial charge in [0.15, 0.2) is 0 Å². The molecule has 0 aliphatic heterocycles. The van der Waals surface area contributed by atoms with Gasteiger partial charge in [-0.15, -0.1) is 0 Å². The van der Waals surface area contributed by atoms with E-state index in [4.69, 9.17) is 5.73 Å². The highest BCUT2D eigenvalue weighted by Gasteiger charge is 2.11. The monoisotopic (exact) mass is 273 g/mol. The van der Waals surface area contributed by atoms with Crippen molar-refractivity contribution in [1.29, 1.82) is 0 Å². The van der Waals surface area contributed by atoms with E-state index in [1.165, 1.54) is 11.1 Å². The second-order valence-electron chi connectivity index (χ2n) is 4.60. The zero-order chi connectivity index (χ0) is 13.4. The Bertz CT molecular complexity index is 729. The average Bonchev–Trinajstić information content (AvgIpc) is 2.94. The summed E-state index contributed by atoms with van der Waals surface area (Å²) in [6.07, 6.45) is 0. The lowest BCUT2D eigenvalue weighted by Crippen LogP contribution is -2.05. The number of imidazole rings is 1. The summed E-state index contributed by atoms with van der Waals surface area (Å²) in [6.45, 7) is 2.75. The van der Waals surface area contributed by atoms with Gasteiger partial charge in [-0.25, -0.2) is 4.98 Å². The third-order valence-corrected chi connectivity index (χ3v) is 4.19. The van der Waals surface area contributed by atoms with E-state index in [1.54, 1.807) is 11.3 Å². The summed E-state index contributed by atoms with van der Waals surface area (Å²) in [5, 5.41) is 13.7. The first kappa shape index (κ1) is 12.2. The fourth-order valence-corrected chi connectivity index (χ4v) is 3.06. The topological polar surface area (TPSA) is 64.1 Å². The van der Waals surface area contributed by atoms with Gasteiger partial charge in [-0.2, -0.15) is 11.3 Å². The van der Waals surface area contributed by atoms with E-state index in [2.05, 4.69) is 22.7 Å². The summed E-state index contributed by atoms with van der Waals surface area (Å²) in [6, 6.07) is 5.66. The largest absolute Gasteiger partial charge is 0.399 e. The molecular weight excluding hydrogens is 258 g/mol. The van der Waals surface area contributed by atoms with Crippen molar-refractivity contribution in [1.82, 2.24) is 9.55 Å². The van der Waals surface area contributed by atoms with Gasteiger partial charge >= 0.3 is 0 Å². The number of hydrogen-bond donors (Lipinski definition) is 2.